The number of hydrogen-bond acceptors (Lipinski definition) is 3. The molecule has 1 rings (SSSR count). The van der Waals surface area contributed by atoms with Crippen molar-refractivity contribution in [3.8, 4) is 11.8 Å². The molecule has 21 heavy (non-hydrogen) atoms. The first kappa shape index (κ1) is 17.4. The zero-order chi connectivity index (χ0) is 16.3. The highest BCUT2D eigenvalue weighted by Crippen LogP contribution is 2.23. The number of alkyl halides is 3. The lowest BCUT2D eigenvalue weighted by molar-refractivity contribution is -0.134. The Hall–Kier alpha value is -1.63. The van der Waals surface area contributed by atoms with Crippen LogP contribution in [0, 0.1) is 17.7 Å². The molecule has 0 aromatic heterocycles. The molecule has 1 aromatic carbocycles. The van der Waals surface area contributed by atoms with Gasteiger partial charge in [0.25, 0.3) is 0 Å². The van der Waals surface area contributed by atoms with Gasteiger partial charge < -0.3 is 5.11 Å². The van der Waals surface area contributed by atoms with E-state index >= 15 is 0 Å². The predicted molar refractivity (Wildman–Crippen MR) is 66.2 cm³/mol. The van der Waals surface area contributed by atoms with Crippen LogP contribution in [0.1, 0.15) is 5.56 Å². The largest absolute Gasteiger partial charge is 0.402 e. The first-order chi connectivity index (χ1) is 9.58. The average molecular weight is 325 g/mol. The first-order valence-electron chi connectivity index (χ1n) is 5.50. The molecule has 0 spiro atoms. The van der Waals surface area contributed by atoms with E-state index in [-0.39, 0.29) is 9.87 Å². The van der Waals surface area contributed by atoms with E-state index in [0.717, 1.165) is 18.2 Å². The summed E-state index contributed by atoms with van der Waals surface area (Å²) in [4.78, 5) is -0.871. The average Bonchev–Trinajstić information content (AvgIpc) is 2.34. The summed E-state index contributed by atoms with van der Waals surface area (Å²) in [5.41, 5.74) is 0.0963. The van der Waals surface area contributed by atoms with E-state index in [4.69, 9.17) is 5.11 Å². The Bertz CT molecular complexity index is 674. The fourth-order valence-electron chi connectivity index (χ4n) is 1.43. The number of halogens is 4. The molecule has 0 aliphatic rings. The molecular formula is C12H11F4NO3S. The summed E-state index contributed by atoms with van der Waals surface area (Å²) in [6.45, 7) is -2.18. The third-order valence-electron chi connectivity index (χ3n) is 2.33. The summed E-state index contributed by atoms with van der Waals surface area (Å²) < 4.78 is 74.1. The molecule has 0 radical (unpaired) electrons. The fraction of sp³-hybridized carbons (Fsp3) is 0.333. The van der Waals surface area contributed by atoms with E-state index < -0.39 is 40.1 Å². The van der Waals surface area contributed by atoms with E-state index in [1.54, 1.807) is 0 Å². The van der Waals surface area contributed by atoms with E-state index in [1.165, 1.54) is 0 Å². The van der Waals surface area contributed by atoms with Crippen molar-refractivity contribution in [2.24, 2.45) is 0 Å². The van der Waals surface area contributed by atoms with E-state index in [2.05, 4.69) is 11.8 Å². The Labute approximate surface area is 119 Å². The zero-order valence-electron chi connectivity index (χ0n) is 10.8. The van der Waals surface area contributed by atoms with Gasteiger partial charge in [-0.15, -0.1) is 0 Å². The maximum atomic E-state index is 13.7. The number of nitrogens with zero attached hydrogens (tertiary/aromatic N) is 1. The van der Waals surface area contributed by atoms with Crippen LogP contribution in [0.25, 0.3) is 0 Å². The van der Waals surface area contributed by atoms with Crippen molar-refractivity contribution < 1.29 is 31.1 Å². The number of benzene rings is 1. The lowest BCUT2D eigenvalue weighted by Crippen LogP contribution is -2.36. The Kier molecular flexibility index (Phi) is 5.33. The van der Waals surface area contributed by atoms with Gasteiger partial charge >= 0.3 is 6.18 Å². The zero-order valence-corrected chi connectivity index (χ0v) is 11.6. The molecule has 9 heteroatoms. The van der Waals surface area contributed by atoms with E-state index in [0.29, 0.717) is 7.05 Å². The van der Waals surface area contributed by atoms with Gasteiger partial charge in [0.2, 0.25) is 10.0 Å². The molecule has 0 saturated carbocycles. The van der Waals surface area contributed by atoms with Crippen LogP contribution in [0.4, 0.5) is 17.6 Å². The van der Waals surface area contributed by atoms with Crippen LogP contribution in [-0.2, 0) is 10.0 Å². The van der Waals surface area contributed by atoms with Gasteiger partial charge in [-0.2, -0.15) is 17.5 Å². The third kappa shape index (κ3) is 4.70. The highest BCUT2D eigenvalue weighted by atomic mass is 32.2. The predicted octanol–water partition coefficient (Wildman–Crippen LogP) is 1.35. The molecule has 0 saturated heterocycles. The molecule has 1 aromatic rings. The lowest BCUT2D eigenvalue weighted by Gasteiger charge is -2.19. The number of aliphatic hydroxyl groups is 1. The summed E-state index contributed by atoms with van der Waals surface area (Å²) in [5, 5.41) is 8.49. The quantitative estimate of drug-likeness (QED) is 0.674. The van der Waals surface area contributed by atoms with Crippen molar-refractivity contribution in [1.29, 1.82) is 0 Å². The molecule has 1 N–H and O–H groups in total. The molecule has 0 amide bonds. The second-order valence-corrected chi connectivity index (χ2v) is 5.99. The minimum atomic E-state index is -4.73. The molecule has 0 bridgehead atoms. The van der Waals surface area contributed by atoms with Crippen LogP contribution >= 0.6 is 0 Å². The van der Waals surface area contributed by atoms with Gasteiger partial charge in [0.15, 0.2) is 0 Å². The van der Waals surface area contributed by atoms with Gasteiger partial charge in [0.1, 0.15) is 23.9 Å². The summed E-state index contributed by atoms with van der Waals surface area (Å²) in [7, 11) is -3.89. The van der Waals surface area contributed by atoms with Gasteiger partial charge in [0, 0.05) is 12.6 Å². The fourth-order valence-corrected chi connectivity index (χ4v) is 2.63. The molecule has 0 fully saturated rings. The Morgan fingerprint density at radius 1 is 1.33 bits per heavy atom. The highest BCUT2D eigenvalue weighted by molar-refractivity contribution is 7.89. The van der Waals surface area contributed by atoms with Crippen molar-refractivity contribution >= 4 is 10.0 Å². The van der Waals surface area contributed by atoms with Crippen molar-refractivity contribution in [2.45, 2.75) is 11.1 Å². The van der Waals surface area contributed by atoms with Gasteiger partial charge in [-0.1, -0.05) is 11.8 Å². The minimum absolute atomic E-state index is 0.0183. The maximum Gasteiger partial charge on any atom is 0.402 e. The molecule has 4 nitrogen and oxygen atoms in total. The molecule has 0 heterocycles. The summed E-state index contributed by atoms with van der Waals surface area (Å²) >= 11 is 0. The van der Waals surface area contributed by atoms with Crippen LogP contribution < -0.4 is 0 Å². The Balaban J connectivity index is 3.15. The number of sulfonamides is 1. The first-order valence-corrected chi connectivity index (χ1v) is 6.94. The van der Waals surface area contributed by atoms with Crippen LogP contribution in [0.5, 0.6) is 0 Å². The number of hydrogen-bond donors (Lipinski definition) is 1. The van der Waals surface area contributed by atoms with Crippen LogP contribution in [0.3, 0.4) is 0 Å². The van der Waals surface area contributed by atoms with Gasteiger partial charge in [0.05, 0.1) is 0 Å². The number of rotatable bonds is 3. The lowest BCUT2D eigenvalue weighted by atomic mass is 10.2. The number of aliphatic hydroxyl groups excluding tert-OH is 1. The maximum absolute atomic E-state index is 13.7. The molecule has 0 aliphatic carbocycles. The standard InChI is InChI=1S/C12H11F4NO3S/c1-17(8-12(14,15)16)21(19,20)11-5-4-9(3-2-6-18)7-10(11)13/h4-5,7,18H,6,8H2,1H3. The highest BCUT2D eigenvalue weighted by Gasteiger charge is 2.35. The van der Waals surface area contributed by atoms with Crippen LogP contribution in [0.2, 0.25) is 0 Å². The summed E-state index contributed by atoms with van der Waals surface area (Å²) in [6.07, 6.45) is -4.73. The van der Waals surface area contributed by atoms with Crippen LogP contribution in [-0.4, -0.2) is 44.2 Å². The summed E-state index contributed by atoms with van der Waals surface area (Å²) in [5.74, 6) is 3.37. The monoisotopic (exact) mass is 325 g/mol. The minimum Gasteiger partial charge on any atom is -0.384 e. The molecular weight excluding hydrogens is 314 g/mol. The second kappa shape index (κ2) is 6.43. The van der Waals surface area contributed by atoms with Crippen molar-refractivity contribution in [3.63, 3.8) is 0 Å². The molecule has 0 aliphatic heterocycles. The van der Waals surface area contributed by atoms with Crippen LogP contribution in [0.15, 0.2) is 23.1 Å². The van der Waals surface area contributed by atoms with Gasteiger partial charge in [-0.3, -0.25) is 0 Å². The molecule has 0 atom stereocenters. The smallest absolute Gasteiger partial charge is 0.384 e. The topological polar surface area (TPSA) is 57.6 Å². The molecule has 116 valence electrons. The van der Waals surface area contributed by atoms with Crippen molar-refractivity contribution in [1.82, 2.24) is 4.31 Å². The molecule has 0 unspecified atom stereocenters. The van der Waals surface area contributed by atoms with Crippen molar-refractivity contribution in [2.75, 3.05) is 20.2 Å². The Morgan fingerprint density at radius 2 is 1.95 bits per heavy atom. The normalized spacial score (nSPS) is 12.1. The second-order valence-electron chi connectivity index (χ2n) is 3.98. The SMILES string of the molecule is CN(CC(F)(F)F)S(=O)(=O)c1ccc(C#CCO)cc1F. The van der Waals surface area contributed by atoms with Gasteiger partial charge in [-0.05, 0) is 18.2 Å². The third-order valence-corrected chi connectivity index (χ3v) is 4.17. The van der Waals surface area contributed by atoms with E-state index in [1.807, 2.05) is 0 Å². The van der Waals surface area contributed by atoms with Crippen molar-refractivity contribution in [3.05, 3.63) is 29.6 Å². The summed E-state index contributed by atoms with van der Waals surface area (Å²) in [6, 6.07) is 2.75. The Morgan fingerprint density at radius 3 is 2.43 bits per heavy atom. The van der Waals surface area contributed by atoms with E-state index in [9.17, 15) is 26.0 Å². The van der Waals surface area contributed by atoms with Gasteiger partial charge in [-0.25, -0.2) is 12.8 Å².